The second kappa shape index (κ2) is 10.6. The molecule has 0 spiro atoms. The Kier molecular flexibility index (Phi) is 7.45. The third kappa shape index (κ3) is 5.00. The number of carbonyl (C=O) groups is 2. The van der Waals surface area contributed by atoms with E-state index in [2.05, 4.69) is 0 Å². The molecule has 1 unspecified atom stereocenters. The van der Waals surface area contributed by atoms with Crippen molar-refractivity contribution in [1.29, 1.82) is 0 Å². The van der Waals surface area contributed by atoms with E-state index in [-0.39, 0.29) is 17.4 Å². The number of halogens is 1. The van der Waals surface area contributed by atoms with Gasteiger partial charge in [-0.3, -0.25) is 14.5 Å². The number of nitrogens with zero attached hydrogens (tertiary/aromatic N) is 1. The second-order valence-electron chi connectivity index (χ2n) is 8.91. The molecule has 1 N–H and O–H groups in total. The van der Waals surface area contributed by atoms with E-state index in [1.54, 1.807) is 60.7 Å². The monoisotopic (exact) mass is 521 g/mol. The maximum Gasteiger partial charge on any atom is 0.300 e. The fourth-order valence-electron chi connectivity index (χ4n) is 4.38. The SMILES string of the molecule is COc1ccc(C2/C(=C(\O)c3ccc(OC(C)C)cc3)C(=O)C(=O)N2c2cc(Cl)ccc2C)cc1OC. The molecule has 0 aromatic heterocycles. The van der Waals surface area contributed by atoms with E-state index < -0.39 is 17.7 Å². The van der Waals surface area contributed by atoms with E-state index in [1.165, 1.54) is 19.1 Å². The maximum atomic E-state index is 13.5. The van der Waals surface area contributed by atoms with Gasteiger partial charge in [0, 0.05) is 16.3 Å². The first-order valence-electron chi connectivity index (χ1n) is 11.7. The zero-order valence-electron chi connectivity index (χ0n) is 21.2. The van der Waals surface area contributed by atoms with E-state index in [0.29, 0.717) is 39.1 Å². The van der Waals surface area contributed by atoms with E-state index in [4.69, 9.17) is 25.8 Å². The number of benzene rings is 3. The summed E-state index contributed by atoms with van der Waals surface area (Å²) in [5, 5.41) is 11.8. The first-order valence-corrected chi connectivity index (χ1v) is 12.1. The van der Waals surface area contributed by atoms with E-state index in [9.17, 15) is 14.7 Å². The van der Waals surface area contributed by atoms with Gasteiger partial charge < -0.3 is 19.3 Å². The Labute approximate surface area is 220 Å². The van der Waals surface area contributed by atoms with Crippen LogP contribution in [0.4, 0.5) is 5.69 Å². The Bertz CT molecular complexity index is 1380. The lowest BCUT2D eigenvalue weighted by Gasteiger charge is -2.27. The topological polar surface area (TPSA) is 85.3 Å². The molecule has 8 heteroatoms. The minimum Gasteiger partial charge on any atom is -0.507 e. The zero-order valence-corrected chi connectivity index (χ0v) is 22.0. The number of aliphatic hydroxyl groups excluding tert-OH is 1. The van der Waals surface area contributed by atoms with Crippen LogP contribution in [0.25, 0.3) is 5.76 Å². The molecule has 1 amide bonds. The van der Waals surface area contributed by atoms with Gasteiger partial charge in [0.05, 0.1) is 31.9 Å². The van der Waals surface area contributed by atoms with E-state index >= 15 is 0 Å². The third-order valence-corrected chi connectivity index (χ3v) is 6.33. The van der Waals surface area contributed by atoms with Gasteiger partial charge in [-0.2, -0.15) is 0 Å². The molecule has 192 valence electrons. The lowest BCUT2D eigenvalue weighted by Crippen LogP contribution is -2.30. The molecule has 1 heterocycles. The largest absolute Gasteiger partial charge is 0.507 e. The van der Waals surface area contributed by atoms with Crippen LogP contribution in [0.1, 0.15) is 36.6 Å². The molecule has 7 nitrogen and oxygen atoms in total. The van der Waals surface area contributed by atoms with Crippen LogP contribution in [-0.2, 0) is 9.59 Å². The number of aliphatic hydroxyl groups is 1. The molecule has 1 aliphatic heterocycles. The molecular weight excluding hydrogens is 494 g/mol. The highest BCUT2D eigenvalue weighted by molar-refractivity contribution is 6.52. The number of ketones is 1. The van der Waals surface area contributed by atoms with Gasteiger partial charge in [-0.15, -0.1) is 0 Å². The van der Waals surface area contributed by atoms with Gasteiger partial charge in [0.15, 0.2) is 11.5 Å². The Morgan fingerprint density at radius 2 is 1.62 bits per heavy atom. The van der Waals surface area contributed by atoms with Gasteiger partial charge in [-0.1, -0.05) is 23.7 Å². The third-order valence-electron chi connectivity index (χ3n) is 6.10. The summed E-state index contributed by atoms with van der Waals surface area (Å²) in [6.45, 7) is 5.65. The maximum absolute atomic E-state index is 13.5. The molecule has 4 rings (SSSR count). The van der Waals surface area contributed by atoms with Crippen LogP contribution in [0, 0.1) is 6.92 Å². The number of aryl methyl sites for hydroxylation is 1. The number of ether oxygens (including phenoxy) is 3. The molecule has 1 aliphatic rings. The molecule has 0 aliphatic carbocycles. The Hall–Kier alpha value is -3.97. The van der Waals surface area contributed by atoms with E-state index in [0.717, 1.165) is 5.56 Å². The van der Waals surface area contributed by atoms with Crippen LogP contribution in [-0.4, -0.2) is 37.1 Å². The molecule has 1 atom stereocenters. The molecule has 3 aromatic rings. The van der Waals surface area contributed by atoms with Crippen molar-refractivity contribution in [2.24, 2.45) is 0 Å². The average molecular weight is 522 g/mol. The first kappa shape index (κ1) is 26.1. The molecule has 0 saturated carbocycles. The van der Waals surface area contributed by atoms with Gasteiger partial charge in [-0.25, -0.2) is 0 Å². The Morgan fingerprint density at radius 3 is 2.24 bits per heavy atom. The highest BCUT2D eigenvalue weighted by atomic mass is 35.5. The van der Waals surface area contributed by atoms with Crippen LogP contribution in [0.15, 0.2) is 66.2 Å². The van der Waals surface area contributed by atoms with Gasteiger partial charge in [0.2, 0.25) is 0 Å². The molecular formula is C29H28ClNO6. The molecule has 1 saturated heterocycles. The minimum atomic E-state index is -0.941. The molecule has 0 radical (unpaired) electrons. The van der Waals surface area contributed by atoms with Gasteiger partial charge in [0.1, 0.15) is 11.5 Å². The van der Waals surface area contributed by atoms with Gasteiger partial charge in [-0.05, 0) is 80.4 Å². The summed E-state index contributed by atoms with van der Waals surface area (Å²) in [6.07, 6.45) is -0.0178. The lowest BCUT2D eigenvalue weighted by atomic mass is 9.94. The predicted molar refractivity (Wildman–Crippen MR) is 143 cm³/mol. The van der Waals surface area contributed by atoms with Crippen molar-refractivity contribution in [1.82, 2.24) is 0 Å². The normalized spacial score (nSPS) is 16.8. The Balaban J connectivity index is 1.93. The fraction of sp³-hybridized carbons (Fsp3) is 0.241. The number of carbonyl (C=O) groups excluding carboxylic acids is 2. The summed E-state index contributed by atoms with van der Waals surface area (Å²) < 4.78 is 16.5. The number of hydrogen-bond acceptors (Lipinski definition) is 6. The van der Waals surface area contributed by atoms with Crippen molar-refractivity contribution in [3.8, 4) is 17.2 Å². The number of amides is 1. The van der Waals surface area contributed by atoms with Crippen LogP contribution in [0.3, 0.4) is 0 Å². The van der Waals surface area contributed by atoms with Crippen molar-refractivity contribution >= 4 is 34.7 Å². The Morgan fingerprint density at radius 1 is 0.946 bits per heavy atom. The van der Waals surface area contributed by atoms with Crippen molar-refractivity contribution in [2.45, 2.75) is 32.9 Å². The van der Waals surface area contributed by atoms with Gasteiger partial charge >= 0.3 is 0 Å². The summed E-state index contributed by atoms with van der Waals surface area (Å²) in [4.78, 5) is 28.3. The highest BCUT2D eigenvalue weighted by Crippen LogP contribution is 2.45. The minimum absolute atomic E-state index is 0.0178. The lowest BCUT2D eigenvalue weighted by molar-refractivity contribution is -0.132. The molecule has 0 bridgehead atoms. The van der Waals surface area contributed by atoms with Crippen LogP contribution in [0.5, 0.6) is 17.2 Å². The zero-order chi connectivity index (χ0) is 26.9. The fourth-order valence-corrected chi connectivity index (χ4v) is 4.55. The average Bonchev–Trinajstić information content (AvgIpc) is 3.14. The van der Waals surface area contributed by atoms with Gasteiger partial charge in [0.25, 0.3) is 11.7 Å². The predicted octanol–water partition coefficient (Wildman–Crippen LogP) is 6.08. The number of Topliss-reactive ketones (excluding diaryl/α,β-unsaturated/α-hetero) is 1. The van der Waals surface area contributed by atoms with Crippen molar-refractivity contribution < 1.29 is 28.9 Å². The standard InChI is InChI=1S/C29H28ClNO6/c1-16(2)37-21-11-7-18(8-12-21)27(32)25-26(19-9-13-23(35-4)24(14-19)36-5)31(29(34)28(25)33)22-15-20(30)10-6-17(22)3/h6-16,26,32H,1-5H3/b27-25+. The number of methoxy groups -OCH3 is 2. The number of anilines is 1. The molecule has 1 fully saturated rings. The molecule has 3 aromatic carbocycles. The summed E-state index contributed by atoms with van der Waals surface area (Å²) in [6, 6.07) is 16.0. The van der Waals surface area contributed by atoms with Crippen molar-refractivity contribution in [3.63, 3.8) is 0 Å². The number of hydrogen-bond donors (Lipinski definition) is 1. The van der Waals surface area contributed by atoms with Crippen LogP contribution >= 0.6 is 11.6 Å². The first-order chi connectivity index (χ1) is 17.7. The summed E-state index contributed by atoms with van der Waals surface area (Å²) >= 11 is 6.27. The summed E-state index contributed by atoms with van der Waals surface area (Å²) in [5.74, 6) is -0.341. The van der Waals surface area contributed by atoms with Crippen LogP contribution < -0.4 is 19.1 Å². The summed E-state index contributed by atoms with van der Waals surface area (Å²) in [7, 11) is 3.02. The van der Waals surface area contributed by atoms with Crippen molar-refractivity contribution in [2.75, 3.05) is 19.1 Å². The van der Waals surface area contributed by atoms with Crippen LogP contribution in [0.2, 0.25) is 5.02 Å². The van der Waals surface area contributed by atoms with E-state index in [1.807, 2.05) is 20.8 Å². The quantitative estimate of drug-likeness (QED) is 0.230. The molecule has 37 heavy (non-hydrogen) atoms. The summed E-state index contributed by atoms with van der Waals surface area (Å²) in [5.41, 5.74) is 2.09. The second-order valence-corrected chi connectivity index (χ2v) is 9.34. The highest BCUT2D eigenvalue weighted by Gasteiger charge is 2.47. The number of rotatable bonds is 7. The van der Waals surface area contributed by atoms with Crippen molar-refractivity contribution in [3.05, 3.63) is 87.9 Å². The smallest absolute Gasteiger partial charge is 0.300 e.